The molecule has 6 nitrogen and oxygen atoms in total. The Morgan fingerprint density at radius 3 is 2.07 bits per heavy atom. The number of halogens is 3. The second kappa shape index (κ2) is 6.04. The lowest BCUT2D eigenvalue weighted by molar-refractivity contribution is -0.137. The summed E-state index contributed by atoms with van der Waals surface area (Å²) in [5.74, 6) is -0.871. The number of imide groups is 1. The summed E-state index contributed by atoms with van der Waals surface area (Å²) in [6.45, 7) is -0.222. The molecule has 0 N–H and O–H groups in total. The summed E-state index contributed by atoms with van der Waals surface area (Å²) in [5, 5.41) is 3.70. The Kier molecular flexibility index (Phi) is 3.79. The van der Waals surface area contributed by atoms with Crippen LogP contribution < -0.4 is 0 Å². The largest absolute Gasteiger partial charge is 0.416 e. The molecular weight excluding hydrogens is 363 g/mol. The minimum Gasteiger partial charge on any atom is -0.337 e. The lowest BCUT2D eigenvalue weighted by Gasteiger charge is -2.09. The third kappa shape index (κ3) is 2.97. The number of benzene rings is 2. The van der Waals surface area contributed by atoms with Crippen molar-refractivity contribution < 1.29 is 27.3 Å². The monoisotopic (exact) mass is 373 g/mol. The van der Waals surface area contributed by atoms with Gasteiger partial charge in [-0.15, -0.1) is 0 Å². The van der Waals surface area contributed by atoms with Gasteiger partial charge in [0.2, 0.25) is 11.7 Å². The minimum absolute atomic E-state index is 0.000552. The molecular formula is C18H10F3N3O3. The van der Waals surface area contributed by atoms with E-state index in [0.29, 0.717) is 16.7 Å². The first-order chi connectivity index (χ1) is 12.8. The van der Waals surface area contributed by atoms with Crippen LogP contribution >= 0.6 is 0 Å². The number of carbonyl (C=O) groups is 2. The van der Waals surface area contributed by atoms with Crippen molar-refractivity contribution in [1.82, 2.24) is 15.0 Å². The summed E-state index contributed by atoms with van der Waals surface area (Å²) < 4.78 is 42.9. The van der Waals surface area contributed by atoms with Crippen molar-refractivity contribution in [2.24, 2.45) is 0 Å². The molecule has 0 bridgehead atoms. The molecule has 27 heavy (non-hydrogen) atoms. The number of hydrogen-bond donors (Lipinski definition) is 0. The first kappa shape index (κ1) is 17.0. The Hall–Kier alpha value is -3.49. The lowest BCUT2D eigenvalue weighted by Crippen LogP contribution is -2.29. The minimum atomic E-state index is -4.44. The van der Waals surface area contributed by atoms with Gasteiger partial charge in [-0.25, -0.2) is 0 Å². The Morgan fingerprint density at radius 1 is 0.926 bits per heavy atom. The van der Waals surface area contributed by atoms with E-state index in [1.807, 2.05) is 0 Å². The van der Waals surface area contributed by atoms with E-state index in [1.54, 1.807) is 24.3 Å². The summed E-state index contributed by atoms with van der Waals surface area (Å²) in [7, 11) is 0. The molecule has 3 aromatic rings. The van der Waals surface area contributed by atoms with Gasteiger partial charge in [0.1, 0.15) is 6.54 Å². The molecule has 136 valence electrons. The normalized spacial score (nSPS) is 14.0. The molecule has 1 aliphatic rings. The number of alkyl halides is 3. The van der Waals surface area contributed by atoms with E-state index >= 15 is 0 Å². The van der Waals surface area contributed by atoms with Crippen molar-refractivity contribution >= 4 is 11.8 Å². The summed E-state index contributed by atoms with van der Waals surface area (Å²) >= 11 is 0. The summed E-state index contributed by atoms with van der Waals surface area (Å²) in [5.41, 5.74) is 0.122. The first-order valence-corrected chi connectivity index (χ1v) is 7.80. The van der Waals surface area contributed by atoms with E-state index in [0.717, 1.165) is 17.0 Å². The molecule has 1 aromatic heterocycles. The third-order valence-corrected chi connectivity index (χ3v) is 4.11. The maximum Gasteiger partial charge on any atom is 0.416 e. The SMILES string of the molecule is O=C1c2ccccc2C(=O)N1Cc1nc(-c2ccc(C(F)(F)F)cc2)no1. The van der Waals surface area contributed by atoms with Gasteiger partial charge in [-0.2, -0.15) is 18.2 Å². The highest BCUT2D eigenvalue weighted by Crippen LogP contribution is 2.30. The van der Waals surface area contributed by atoms with Gasteiger partial charge in [0.15, 0.2) is 0 Å². The van der Waals surface area contributed by atoms with Crippen LogP contribution in [-0.4, -0.2) is 26.9 Å². The van der Waals surface area contributed by atoms with Crippen LogP contribution in [0.25, 0.3) is 11.4 Å². The van der Waals surface area contributed by atoms with Gasteiger partial charge in [-0.05, 0) is 24.3 Å². The lowest BCUT2D eigenvalue weighted by atomic mass is 10.1. The zero-order valence-electron chi connectivity index (χ0n) is 13.5. The van der Waals surface area contributed by atoms with E-state index < -0.39 is 23.6 Å². The molecule has 0 atom stereocenters. The molecule has 0 fully saturated rings. The van der Waals surface area contributed by atoms with Gasteiger partial charge in [0, 0.05) is 5.56 Å². The van der Waals surface area contributed by atoms with Crippen molar-refractivity contribution in [2.75, 3.05) is 0 Å². The van der Waals surface area contributed by atoms with Gasteiger partial charge in [-0.3, -0.25) is 14.5 Å². The van der Waals surface area contributed by atoms with Gasteiger partial charge >= 0.3 is 6.18 Å². The molecule has 0 spiro atoms. The maximum absolute atomic E-state index is 12.6. The van der Waals surface area contributed by atoms with Crippen LogP contribution in [0.1, 0.15) is 32.2 Å². The molecule has 4 rings (SSSR count). The summed E-state index contributed by atoms with van der Waals surface area (Å²) in [6, 6.07) is 10.7. The van der Waals surface area contributed by atoms with E-state index in [1.165, 1.54) is 12.1 Å². The first-order valence-electron chi connectivity index (χ1n) is 7.80. The molecule has 2 aromatic carbocycles. The second-order valence-electron chi connectivity index (χ2n) is 5.83. The Bertz CT molecular complexity index is 1010. The van der Waals surface area contributed by atoms with Crippen LogP contribution in [0.15, 0.2) is 53.1 Å². The average Bonchev–Trinajstić information content (AvgIpc) is 3.21. The van der Waals surface area contributed by atoms with Crippen LogP contribution in [0.4, 0.5) is 13.2 Å². The highest BCUT2D eigenvalue weighted by atomic mass is 19.4. The van der Waals surface area contributed by atoms with Crippen molar-refractivity contribution in [1.29, 1.82) is 0 Å². The predicted octanol–water partition coefficient (Wildman–Crippen LogP) is 3.55. The van der Waals surface area contributed by atoms with Crippen LogP contribution in [0.3, 0.4) is 0 Å². The molecule has 0 radical (unpaired) electrons. The fourth-order valence-corrected chi connectivity index (χ4v) is 2.76. The molecule has 0 saturated heterocycles. The van der Waals surface area contributed by atoms with Gasteiger partial charge in [-0.1, -0.05) is 29.4 Å². The molecule has 9 heteroatoms. The van der Waals surface area contributed by atoms with E-state index in [2.05, 4.69) is 10.1 Å². The number of carbonyl (C=O) groups excluding carboxylic acids is 2. The number of fused-ring (bicyclic) bond motifs is 1. The van der Waals surface area contributed by atoms with Crippen LogP contribution in [-0.2, 0) is 12.7 Å². The van der Waals surface area contributed by atoms with Crippen LogP contribution in [0.2, 0.25) is 0 Å². The fourth-order valence-electron chi connectivity index (χ4n) is 2.76. The Balaban J connectivity index is 1.54. The quantitative estimate of drug-likeness (QED) is 0.657. The molecule has 0 unspecified atom stereocenters. The Labute approximate surface area is 150 Å². The van der Waals surface area contributed by atoms with Crippen molar-refractivity contribution in [3.05, 3.63) is 71.1 Å². The van der Waals surface area contributed by atoms with Crippen molar-refractivity contribution in [3.63, 3.8) is 0 Å². The topological polar surface area (TPSA) is 76.3 Å². The van der Waals surface area contributed by atoms with Gasteiger partial charge in [0.25, 0.3) is 11.8 Å². The second-order valence-corrected chi connectivity index (χ2v) is 5.83. The standard InChI is InChI=1S/C18H10F3N3O3/c19-18(20,21)11-7-5-10(6-8-11)15-22-14(27-23-15)9-24-16(25)12-3-1-2-4-13(12)17(24)26/h1-8H,9H2. The van der Waals surface area contributed by atoms with Crippen molar-refractivity contribution in [3.8, 4) is 11.4 Å². The molecule has 0 saturated carbocycles. The molecule has 1 aliphatic heterocycles. The maximum atomic E-state index is 12.6. The van der Waals surface area contributed by atoms with Crippen molar-refractivity contribution in [2.45, 2.75) is 12.7 Å². The zero-order chi connectivity index (χ0) is 19.2. The van der Waals surface area contributed by atoms with Crippen LogP contribution in [0, 0.1) is 0 Å². The smallest absolute Gasteiger partial charge is 0.337 e. The number of aromatic nitrogens is 2. The number of hydrogen-bond acceptors (Lipinski definition) is 5. The highest BCUT2D eigenvalue weighted by Gasteiger charge is 2.36. The number of rotatable bonds is 3. The third-order valence-electron chi connectivity index (χ3n) is 4.11. The average molecular weight is 373 g/mol. The van der Waals surface area contributed by atoms with E-state index in [4.69, 9.17) is 4.52 Å². The highest BCUT2D eigenvalue weighted by molar-refractivity contribution is 6.21. The predicted molar refractivity (Wildman–Crippen MR) is 85.4 cm³/mol. The van der Waals surface area contributed by atoms with E-state index in [-0.39, 0.29) is 18.3 Å². The summed E-state index contributed by atoms with van der Waals surface area (Å²) in [6.07, 6.45) is -4.44. The molecule has 0 aliphatic carbocycles. The fraction of sp³-hybridized carbons (Fsp3) is 0.111. The zero-order valence-corrected chi connectivity index (χ0v) is 13.5. The molecule has 2 amide bonds. The van der Waals surface area contributed by atoms with E-state index in [9.17, 15) is 22.8 Å². The van der Waals surface area contributed by atoms with Crippen LogP contribution in [0.5, 0.6) is 0 Å². The van der Waals surface area contributed by atoms with Gasteiger partial charge in [0.05, 0.1) is 16.7 Å². The Morgan fingerprint density at radius 2 is 1.52 bits per heavy atom. The molecule has 2 heterocycles. The number of nitrogens with zero attached hydrogens (tertiary/aromatic N) is 3. The summed E-state index contributed by atoms with van der Waals surface area (Å²) in [4.78, 5) is 29.7. The number of amides is 2. The van der Waals surface area contributed by atoms with Gasteiger partial charge < -0.3 is 4.52 Å².